The molecule has 0 aromatic rings. The van der Waals surface area contributed by atoms with Crippen LogP contribution in [0.2, 0.25) is 0 Å². The second-order valence-corrected chi connectivity index (χ2v) is 16.8. The van der Waals surface area contributed by atoms with Gasteiger partial charge in [-0.3, -0.25) is 0 Å². The molecule has 384 valence electrons. The van der Waals surface area contributed by atoms with E-state index in [9.17, 15) is 91.9 Å². The van der Waals surface area contributed by atoms with Gasteiger partial charge in [0.05, 0.1) is 39.6 Å². The lowest BCUT2D eigenvalue weighted by Gasteiger charge is -2.50. The molecule has 22 heterocycles. The van der Waals surface area contributed by atoms with Crippen molar-refractivity contribution in [1.82, 2.24) is 0 Å². The number of rotatable bonds is 6. The molecule has 30 atom stereocenters. The van der Waals surface area contributed by atoms with E-state index in [4.69, 9.17) is 56.8 Å². The highest BCUT2D eigenvalue weighted by Gasteiger charge is 2.58. The van der Waals surface area contributed by atoms with E-state index in [1.165, 1.54) is 0 Å². The Morgan fingerprint density at radius 2 is 0.303 bits per heavy atom. The SMILES string of the molecule is OC[C@H]1O[C@H]2O[C@H]3[C@H](O)[C@@H](O)[C@@H](O[C@H]4[C@H](O)[C@@H](O)[C@@H](O[C@H]5[C@H](O)[C@@H](O)[C@@H](O[C@H]6[C@H](O)[C@@H](O)[C@@H](O[C@H]7[C@H](O)[C@@H](O)[C@@H](O[C@H]1[C@H](O)[C@H]2O)O[C@@H]7CO)O[C@@H]6CO)O[C@@H]5CO)O[C@@H]4CO)O[C@@H]3CO. The minimum absolute atomic E-state index is 0.999. The molecule has 22 saturated heterocycles. The van der Waals surface area contributed by atoms with Crippen LogP contribution in [0.5, 0.6) is 0 Å². The van der Waals surface area contributed by atoms with E-state index >= 15 is 0 Å². The Hall–Kier alpha value is -1.20. The van der Waals surface area contributed by atoms with Gasteiger partial charge in [-0.05, 0) is 0 Å². The summed E-state index contributed by atoms with van der Waals surface area (Å²) in [6.45, 7) is -5.99. The van der Waals surface area contributed by atoms with Crippen LogP contribution in [0.25, 0.3) is 0 Å². The third-order valence-corrected chi connectivity index (χ3v) is 12.7. The Morgan fingerprint density at radius 3 is 0.409 bits per heavy atom. The lowest BCUT2D eigenvalue weighted by atomic mass is 9.94. The van der Waals surface area contributed by atoms with E-state index in [0.29, 0.717) is 0 Å². The van der Waals surface area contributed by atoms with Gasteiger partial charge in [0.15, 0.2) is 37.7 Å². The molecule has 22 rings (SSSR count). The quantitative estimate of drug-likeness (QED) is 0.117. The summed E-state index contributed by atoms with van der Waals surface area (Å²) in [5.41, 5.74) is 0. The first-order chi connectivity index (χ1) is 31.4. The normalized spacial score (nSPS) is 55.4. The third kappa shape index (κ3) is 10.0. The van der Waals surface area contributed by atoms with Crippen LogP contribution in [-0.2, 0) is 56.8 Å². The molecule has 0 aromatic carbocycles. The van der Waals surface area contributed by atoms with Crippen molar-refractivity contribution < 1.29 is 149 Å². The summed E-state index contributed by atoms with van der Waals surface area (Å²) >= 11 is 0. The number of ether oxygens (including phenoxy) is 12. The molecule has 22 aliphatic rings. The first kappa shape index (κ1) is 52.6. The molecule has 30 heteroatoms. The van der Waals surface area contributed by atoms with Crippen molar-refractivity contribution in [3.05, 3.63) is 0 Å². The summed E-state index contributed by atoms with van der Waals surface area (Å²) in [7, 11) is 0. The molecular formula is C36H60O30. The zero-order valence-electron chi connectivity index (χ0n) is 34.5. The van der Waals surface area contributed by atoms with Crippen LogP contribution in [-0.4, -0.2) is 316 Å². The predicted molar refractivity (Wildman–Crippen MR) is 196 cm³/mol. The molecule has 0 spiro atoms. The Bertz CT molecular complexity index is 1230. The molecule has 0 aromatic heterocycles. The molecule has 22 fully saturated rings. The second kappa shape index (κ2) is 22.1. The van der Waals surface area contributed by atoms with Crippen molar-refractivity contribution in [2.24, 2.45) is 0 Å². The molecule has 22 aliphatic heterocycles. The van der Waals surface area contributed by atoms with Crippen molar-refractivity contribution in [2.45, 2.75) is 184 Å². The summed E-state index contributed by atoms with van der Waals surface area (Å²) in [4.78, 5) is 0. The van der Waals surface area contributed by atoms with Gasteiger partial charge in [-0.15, -0.1) is 0 Å². The molecule has 0 unspecified atom stereocenters. The van der Waals surface area contributed by atoms with Crippen molar-refractivity contribution in [3.8, 4) is 0 Å². The fourth-order valence-corrected chi connectivity index (χ4v) is 8.93. The molecule has 66 heavy (non-hydrogen) atoms. The monoisotopic (exact) mass is 972 g/mol. The standard InChI is InChI=1S/C36H60O30/c37-1-7-25-13(43)19(49)31(55-7)62-26-8(2-38)57-33(21(51)15(26)45)64-28-10(4-40)59-35(23(53)17(28)47)66-30-12(6-42)60-36(24(54)18(30)48)65-29-11(5-41)58-34(22(52)16(29)46)63-27-9(3-39)56-32(61-25)20(50)14(27)44/h7-54H,1-6H2/t7-,8-,9-,10-,11-,12-,13-,14-,15-,16-,17-,18-,19-,20-,21-,22-,23-,24-,25-,26-,27-,28-,29-,30-,31-,32-,33-,34-,35-,36+/m1/s1. The molecular weight excluding hydrogens is 912 g/mol. The van der Waals surface area contributed by atoms with Crippen LogP contribution in [0.4, 0.5) is 0 Å². The maximum absolute atomic E-state index is 11.2. The van der Waals surface area contributed by atoms with Gasteiger partial charge in [0.2, 0.25) is 0 Å². The maximum Gasteiger partial charge on any atom is 0.187 e. The van der Waals surface area contributed by atoms with Crippen LogP contribution in [0, 0.1) is 0 Å². The van der Waals surface area contributed by atoms with Gasteiger partial charge in [-0.25, -0.2) is 0 Å². The number of aliphatic hydroxyl groups is 18. The average molecular weight is 973 g/mol. The second-order valence-electron chi connectivity index (χ2n) is 16.8. The smallest absolute Gasteiger partial charge is 0.187 e. The van der Waals surface area contributed by atoms with Crippen LogP contribution >= 0.6 is 0 Å². The minimum atomic E-state index is -2.15. The highest BCUT2D eigenvalue weighted by atomic mass is 16.8. The van der Waals surface area contributed by atoms with Crippen molar-refractivity contribution in [3.63, 3.8) is 0 Å². The maximum atomic E-state index is 11.2. The van der Waals surface area contributed by atoms with E-state index in [0.717, 1.165) is 0 Å². The fraction of sp³-hybridized carbons (Fsp3) is 1.00. The summed E-state index contributed by atoms with van der Waals surface area (Å²) in [6, 6.07) is 0. The van der Waals surface area contributed by atoms with E-state index in [2.05, 4.69) is 0 Å². The van der Waals surface area contributed by atoms with Gasteiger partial charge in [-0.1, -0.05) is 0 Å². The van der Waals surface area contributed by atoms with E-state index in [1.54, 1.807) is 0 Å². The highest BCUT2D eigenvalue weighted by molar-refractivity contribution is 5.01. The molecule has 0 radical (unpaired) electrons. The largest absolute Gasteiger partial charge is 0.394 e. The lowest BCUT2D eigenvalue weighted by Crippen LogP contribution is -2.69. The van der Waals surface area contributed by atoms with Crippen molar-refractivity contribution >= 4 is 0 Å². The van der Waals surface area contributed by atoms with E-state index in [-0.39, 0.29) is 0 Å². The lowest BCUT2D eigenvalue weighted by molar-refractivity contribution is -0.404. The Balaban J connectivity index is 1.19. The van der Waals surface area contributed by atoms with E-state index < -0.39 is 224 Å². The fourth-order valence-electron chi connectivity index (χ4n) is 8.93. The minimum Gasteiger partial charge on any atom is -0.394 e. The average Bonchev–Trinajstić information content (AvgIpc) is 3.31. The van der Waals surface area contributed by atoms with Crippen LogP contribution in [0.1, 0.15) is 0 Å². The van der Waals surface area contributed by atoms with Gasteiger partial charge in [0.1, 0.15) is 146 Å². The number of aliphatic hydroxyl groups excluding tert-OH is 18. The molecule has 0 aliphatic carbocycles. The Kier molecular flexibility index (Phi) is 17.6. The first-order valence-electron chi connectivity index (χ1n) is 21.1. The zero-order valence-corrected chi connectivity index (χ0v) is 34.5. The Morgan fingerprint density at radius 1 is 0.182 bits per heavy atom. The summed E-state index contributed by atoms with van der Waals surface area (Å²) in [5, 5.41) is 196. The number of hydrogen-bond acceptors (Lipinski definition) is 30. The zero-order chi connectivity index (χ0) is 48.0. The third-order valence-electron chi connectivity index (χ3n) is 12.7. The topological polar surface area (TPSA) is 475 Å². The molecule has 30 nitrogen and oxygen atoms in total. The van der Waals surface area contributed by atoms with Crippen LogP contribution in [0.3, 0.4) is 0 Å². The van der Waals surface area contributed by atoms with Gasteiger partial charge < -0.3 is 149 Å². The summed E-state index contributed by atoms with van der Waals surface area (Å²) in [5.74, 6) is 0. The predicted octanol–water partition coefficient (Wildman–Crippen LogP) is -13.1. The van der Waals surface area contributed by atoms with Gasteiger partial charge >= 0.3 is 0 Å². The van der Waals surface area contributed by atoms with Gasteiger partial charge in [-0.2, -0.15) is 0 Å². The molecule has 0 amide bonds. The van der Waals surface area contributed by atoms with Crippen LogP contribution < -0.4 is 0 Å². The van der Waals surface area contributed by atoms with Crippen molar-refractivity contribution in [1.29, 1.82) is 0 Å². The summed E-state index contributed by atoms with van der Waals surface area (Å²) < 4.78 is 67.9. The van der Waals surface area contributed by atoms with Gasteiger partial charge in [0.25, 0.3) is 0 Å². The Labute approximate surface area is 372 Å². The van der Waals surface area contributed by atoms with Crippen LogP contribution in [0.15, 0.2) is 0 Å². The highest BCUT2D eigenvalue weighted by Crippen LogP contribution is 2.38. The first-order valence-corrected chi connectivity index (χ1v) is 21.1. The summed E-state index contributed by atoms with van der Waals surface area (Å²) in [6.07, 6.45) is -58.5. The van der Waals surface area contributed by atoms with Crippen molar-refractivity contribution in [2.75, 3.05) is 39.6 Å². The number of hydrogen-bond donors (Lipinski definition) is 18. The van der Waals surface area contributed by atoms with Gasteiger partial charge in [0, 0.05) is 0 Å². The molecule has 0 saturated carbocycles. The molecule has 18 N–H and O–H groups in total. The molecule has 12 bridgehead atoms. The van der Waals surface area contributed by atoms with E-state index in [1.807, 2.05) is 0 Å².